The number of hydrogen-bond acceptors (Lipinski definition) is 21. The van der Waals surface area contributed by atoms with E-state index in [-0.39, 0.29) is 70.0 Å². The molecule has 1 saturated carbocycles. The molecule has 414 valence electrons. The van der Waals surface area contributed by atoms with Gasteiger partial charge in [-0.25, -0.2) is 9.59 Å². The highest BCUT2D eigenvalue weighted by Crippen LogP contribution is 2.57. The molecule has 2 aromatic heterocycles. The fourth-order valence-electron chi connectivity index (χ4n) is 12.9. The number of aromatic nitrogens is 1. The van der Waals surface area contributed by atoms with Crippen LogP contribution in [0.3, 0.4) is 0 Å². The van der Waals surface area contributed by atoms with Crippen molar-refractivity contribution in [3.8, 4) is 58.0 Å². The predicted octanol–water partition coefficient (Wildman–Crippen LogP) is -0.0273. The average molecular weight is 1090 g/mol. The Hall–Kier alpha value is -7.23. The smallest absolute Gasteiger partial charge is 0.354 e. The number of aromatic amines is 1. The number of phenols is 3. The molecule has 9 heterocycles. The summed E-state index contributed by atoms with van der Waals surface area (Å²) in [5, 5.41) is 145. The fraction of sp³-hybridized carbons (Fsp3) is 0.446. The number of aliphatic hydroxyl groups is 8. The number of fused-ring (bicyclic) bond motifs is 10. The first-order valence-electron chi connectivity index (χ1n) is 25.9. The monoisotopic (exact) mass is 1090 g/mol. The van der Waals surface area contributed by atoms with E-state index in [0.717, 1.165) is 43.4 Å². The zero-order valence-electron chi connectivity index (χ0n) is 42.0. The van der Waals surface area contributed by atoms with Gasteiger partial charge in [-0.15, -0.1) is 0 Å². The lowest BCUT2D eigenvalue weighted by molar-refractivity contribution is -0.399. The standard InChI is InChI=1S/C56H55N3O20/c1-2-33-31(21-30-25-6-3-8-29(17-25)58-48(30)59-33)32-19-28-20-34-24(9-14-57-34)7-4-11-52(72)46(67)47(68)55(28,79-54(52)13-5-12-53(50(69)70)56(73,74)45(66)44(65)49(78-53)76-51(54)71)77-39-23-38-41(43(64)40(32)39)35(61)22-37(75-38)27-16-26(10-15-60)42(63)36(62)18-27/h9,14,16,18-19,21-23,25,29,32,44-49,57-60,62-68,72-74H,2-3,6,8,10-11,13,15,17,20H2,1H3,(H,69,70). The molecule has 0 radical (unpaired) electrons. The van der Waals surface area contributed by atoms with Gasteiger partial charge in [-0.05, 0) is 73.3 Å². The van der Waals surface area contributed by atoms with E-state index < -0.39 is 125 Å². The number of hydrogen-bond donors (Lipinski definition) is 15. The summed E-state index contributed by atoms with van der Waals surface area (Å²) in [7, 11) is 0. The summed E-state index contributed by atoms with van der Waals surface area (Å²) in [5.74, 6) is -4.31. The van der Waals surface area contributed by atoms with E-state index in [9.17, 15) is 70.9 Å². The number of ether oxygens (including phenoxy) is 4. The van der Waals surface area contributed by atoms with Crippen LogP contribution < -0.4 is 20.8 Å². The number of carbonyl (C=O) groups is 2. The quantitative estimate of drug-likeness (QED) is 0.0396. The van der Waals surface area contributed by atoms with Crippen molar-refractivity contribution in [1.29, 1.82) is 0 Å². The van der Waals surface area contributed by atoms with Crippen LogP contribution in [0.2, 0.25) is 0 Å². The molecule has 13 unspecified atom stereocenters. The number of aliphatic hydroxyl groups excluding tert-OH is 5. The molecular weight excluding hydrogens is 1030 g/mol. The Balaban J connectivity index is 1.15. The molecule has 7 aliphatic heterocycles. The van der Waals surface area contributed by atoms with Crippen LogP contribution in [0.1, 0.15) is 80.2 Å². The molecular formula is C56H55N3O20. The maximum Gasteiger partial charge on any atom is 0.354 e. The summed E-state index contributed by atoms with van der Waals surface area (Å²) in [4.78, 5) is 46.1. The highest BCUT2D eigenvalue weighted by atomic mass is 16.8. The minimum atomic E-state index is -3.89. The highest BCUT2D eigenvalue weighted by Gasteiger charge is 2.76. The Bertz CT molecular complexity index is 3580. The van der Waals surface area contributed by atoms with Crippen LogP contribution in [0.25, 0.3) is 22.3 Å². The van der Waals surface area contributed by atoms with Gasteiger partial charge >= 0.3 is 11.9 Å². The molecule has 79 heavy (non-hydrogen) atoms. The highest BCUT2D eigenvalue weighted by molar-refractivity contribution is 5.90. The minimum absolute atomic E-state index is 0.0600. The number of piperidine rings is 1. The third-order valence-corrected chi connectivity index (χ3v) is 17.0. The van der Waals surface area contributed by atoms with E-state index in [4.69, 9.17) is 23.4 Å². The molecule has 9 aliphatic rings. The van der Waals surface area contributed by atoms with Crippen molar-refractivity contribution in [3.63, 3.8) is 0 Å². The number of aromatic hydroxyl groups is 3. The molecule has 15 N–H and O–H groups in total. The molecule has 13 rings (SSSR count). The Kier molecular flexibility index (Phi) is 12.2. The predicted molar refractivity (Wildman–Crippen MR) is 269 cm³/mol. The van der Waals surface area contributed by atoms with Gasteiger partial charge in [0.25, 0.3) is 11.4 Å². The van der Waals surface area contributed by atoms with Crippen LogP contribution in [0.4, 0.5) is 0 Å². The lowest BCUT2D eigenvalue weighted by Gasteiger charge is -2.57. The number of dihydropyridines is 1. The molecule has 3 saturated heterocycles. The van der Waals surface area contributed by atoms with Crippen molar-refractivity contribution in [2.75, 3.05) is 6.61 Å². The van der Waals surface area contributed by atoms with Gasteiger partial charge in [0.15, 0.2) is 23.0 Å². The molecule has 23 nitrogen and oxygen atoms in total. The summed E-state index contributed by atoms with van der Waals surface area (Å²) in [6.45, 7) is 1.49. The lowest BCUT2D eigenvalue weighted by Crippen LogP contribution is -2.80. The molecule has 6 bridgehead atoms. The first kappa shape index (κ1) is 52.5. The second-order valence-corrected chi connectivity index (χ2v) is 21.4. The maximum absolute atomic E-state index is 15.4. The van der Waals surface area contributed by atoms with Crippen molar-refractivity contribution in [3.05, 3.63) is 104 Å². The van der Waals surface area contributed by atoms with Crippen LogP contribution in [-0.2, 0) is 36.6 Å². The number of nitrogens with one attached hydrogen (secondary N) is 3. The van der Waals surface area contributed by atoms with E-state index in [1.165, 1.54) is 12.1 Å². The molecule has 4 fully saturated rings. The summed E-state index contributed by atoms with van der Waals surface area (Å²) >= 11 is 0. The van der Waals surface area contributed by atoms with Crippen molar-refractivity contribution in [2.24, 2.45) is 5.92 Å². The third-order valence-electron chi connectivity index (χ3n) is 17.0. The van der Waals surface area contributed by atoms with Gasteiger partial charge in [-0.1, -0.05) is 43.3 Å². The Morgan fingerprint density at radius 1 is 0.949 bits per heavy atom. The van der Waals surface area contributed by atoms with Gasteiger partial charge in [0.2, 0.25) is 17.7 Å². The zero-order chi connectivity index (χ0) is 55.9. The van der Waals surface area contributed by atoms with Crippen LogP contribution in [0.5, 0.6) is 23.0 Å². The molecule has 2 spiro atoms. The second-order valence-electron chi connectivity index (χ2n) is 21.4. The van der Waals surface area contributed by atoms with E-state index in [2.05, 4.69) is 33.4 Å². The number of phenolic OH excluding ortho intramolecular Hbond substituents is 3. The number of benzene rings is 2. The van der Waals surface area contributed by atoms with Crippen LogP contribution in [0, 0.1) is 29.6 Å². The van der Waals surface area contributed by atoms with Gasteiger partial charge in [0, 0.05) is 89.0 Å². The first-order valence-corrected chi connectivity index (χ1v) is 25.9. The molecule has 2 aromatic carbocycles. The number of aliphatic carboxylic acids is 1. The van der Waals surface area contributed by atoms with Crippen LogP contribution in [-0.4, -0.2) is 156 Å². The van der Waals surface area contributed by atoms with E-state index in [1.807, 2.05) is 18.9 Å². The second kappa shape index (κ2) is 18.4. The number of carbonyl (C=O) groups excluding carboxylic acids is 1. The van der Waals surface area contributed by atoms with Crippen molar-refractivity contribution >= 4 is 22.9 Å². The largest absolute Gasteiger partial charge is 0.507 e. The molecule has 13 atom stereocenters. The van der Waals surface area contributed by atoms with Crippen molar-refractivity contribution in [1.82, 2.24) is 15.6 Å². The van der Waals surface area contributed by atoms with Crippen molar-refractivity contribution < 1.29 is 94.2 Å². The Morgan fingerprint density at radius 3 is 2.51 bits per heavy atom. The topological polar surface area (TPSA) is 384 Å². The summed E-state index contributed by atoms with van der Waals surface area (Å²) in [5.41, 5.74) is -8.28. The number of carboxylic acid groups (broad SMARTS) is 1. The number of allylic oxidation sites excluding steroid dienone is 4. The number of carboxylic acids is 1. The van der Waals surface area contributed by atoms with Gasteiger partial charge in [-0.2, -0.15) is 0 Å². The summed E-state index contributed by atoms with van der Waals surface area (Å²) in [6.07, 6.45) is -6.85. The maximum atomic E-state index is 15.4. The summed E-state index contributed by atoms with van der Waals surface area (Å²) in [6, 6.07) is 6.60. The van der Waals surface area contributed by atoms with Gasteiger partial charge in [-0.3, -0.25) is 10.1 Å². The molecule has 4 aromatic rings. The van der Waals surface area contributed by atoms with E-state index >= 15 is 4.79 Å². The summed E-state index contributed by atoms with van der Waals surface area (Å²) < 4.78 is 31.3. The van der Waals surface area contributed by atoms with Gasteiger partial charge in [0.05, 0.1) is 12.6 Å². The Labute approximate surface area is 447 Å². The molecule has 23 heteroatoms. The first-order chi connectivity index (χ1) is 37.6. The van der Waals surface area contributed by atoms with Gasteiger partial charge in [0.1, 0.15) is 52.1 Å². The van der Waals surface area contributed by atoms with E-state index in [0.29, 0.717) is 28.9 Å². The lowest BCUT2D eigenvalue weighted by atomic mass is 9.67. The Morgan fingerprint density at radius 2 is 1.75 bits per heavy atom. The normalized spacial score (nSPS) is 34.9. The van der Waals surface area contributed by atoms with Crippen molar-refractivity contribution in [2.45, 2.75) is 142 Å². The SMILES string of the molecule is CCC1=C(C2C=C3Cc4[nH]ccc4C#CCC4(O)C(O)C(O)C3(Oc3cc5oc(-c6cc(O)c(O)c(CCO)c6)cc(=O)c5c(O)c32)OC42CC#CC3(C(=O)O)OC(OC2=O)C(O)C(O)C3(O)O)C=C2C3CCCC(C3)NC2N1. The van der Waals surface area contributed by atoms with Gasteiger partial charge < -0.3 is 94.9 Å². The van der Waals surface area contributed by atoms with Crippen LogP contribution in [0.15, 0.2) is 80.3 Å². The third kappa shape index (κ3) is 7.53. The fourth-order valence-corrected chi connectivity index (χ4v) is 12.9. The number of esters is 1. The number of rotatable bonds is 6. The van der Waals surface area contributed by atoms with Crippen LogP contribution >= 0.6 is 0 Å². The molecule has 0 amide bonds. The zero-order valence-corrected chi connectivity index (χ0v) is 42.0. The van der Waals surface area contributed by atoms with E-state index in [1.54, 1.807) is 18.3 Å². The molecule has 2 aliphatic carbocycles. The average Bonchev–Trinajstić information content (AvgIpc) is 4.10. The number of H-pyrrole nitrogens is 1. The minimum Gasteiger partial charge on any atom is -0.507 e.